The van der Waals surface area contributed by atoms with E-state index in [1.165, 1.54) is 30.6 Å². The third-order valence-electron chi connectivity index (χ3n) is 4.52. The summed E-state index contributed by atoms with van der Waals surface area (Å²) in [6.07, 6.45) is 2.15. The summed E-state index contributed by atoms with van der Waals surface area (Å²) in [5.41, 5.74) is 1.25. The van der Waals surface area contributed by atoms with Gasteiger partial charge < -0.3 is 9.64 Å². The lowest BCUT2D eigenvalue weighted by Gasteiger charge is -2.26. The molecule has 0 amide bonds. The molecule has 0 radical (unpaired) electrons. The Bertz CT molecular complexity index is 990. The van der Waals surface area contributed by atoms with E-state index in [9.17, 15) is 13.4 Å². The first-order valence-electron chi connectivity index (χ1n) is 8.53. The number of carbonyl (C=O) groups excluding carboxylic acids is 1. The predicted octanol–water partition coefficient (Wildman–Crippen LogP) is 1.86. The number of thiazole rings is 1. The molecule has 7 nitrogen and oxygen atoms in total. The summed E-state index contributed by atoms with van der Waals surface area (Å²) in [6.45, 7) is 0.644. The number of esters is 1. The van der Waals surface area contributed by atoms with Crippen molar-refractivity contribution in [3.05, 3.63) is 57.9 Å². The number of benzene rings is 1. The van der Waals surface area contributed by atoms with Gasteiger partial charge in [0.1, 0.15) is 16.8 Å². The lowest BCUT2D eigenvalue weighted by molar-refractivity contribution is -0.136. The molecule has 1 fully saturated rings. The van der Waals surface area contributed by atoms with Crippen LogP contribution in [0.3, 0.4) is 0 Å². The van der Waals surface area contributed by atoms with Crippen LogP contribution in [0.15, 0.2) is 57.0 Å². The fraction of sp³-hybridized carbons (Fsp3) is 0.278. The molecule has 1 N–H and O–H groups in total. The van der Waals surface area contributed by atoms with Crippen molar-refractivity contribution in [1.29, 1.82) is 0 Å². The number of fused-ring (bicyclic) bond motifs is 1. The zero-order valence-corrected chi connectivity index (χ0v) is 16.6. The van der Waals surface area contributed by atoms with Crippen LogP contribution in [-0.4, -0.2) is 52.1 Å². The molecule has 1 aromatic carbocycles. The van der Waals surface area contributed by atoms with Gasteiger partial charge in [0.2, 0.25) is 0 Å². The average molecular weight is 420 g/mol. The molecule has 10 heteroatoms. The van der Waals surface area contributed by atoms with Crippen molar-refractivity contribution >= 4 is 34.1 Å². The molecule has 1 saturated heterocycles. The van der Waals surface area contributed by atoms with Crippen molar-refractivity contribution in [3.8, 4) is 0 Å². The van der Waals surface area contributed by atoms with Crippen LogP contribution >= 0.6 is 11.3 Å². The molecule has 2 aliphatic rings. The van der Waals surface area contributed by atoms with Crippen molar-refractivity contribution in [1.82, 2.24) is 14.6 Å². The Morgan fingerprint density at radius 1 is 1.43 bits per heavy atom. The van der Waals surface area contributed by atoms with Crippen LogP contribution < -0.4 is 4.72 Å². The molecule has 0 aliphatic carbocycles. The number of hydrogen-bond acceptors (Lipinski definition) is 7. The minimum absolute atomic E-state index is 0.100. The van der Waals surface area contributed by atoms with Crippen LogP contribution in [0.25, 0.3) is 0 Å². The Morgan fingerprint density at radius 3 is 2.96 bits per heavy atom. The topological polar surface area (TPSA) is 83.9 Å². The van der Waals surface area contributed by atoms with Crippen LogP contribution in [0.5, 0.6) is 0 Å². The second-order valence-corrected chi connectivity index (χ2v) is 8.33. The molecule has 0 spiro atoms. The number of rotatable bonds is 5. The molecular weight excluding hydrogens is 403 g/mol. The van der Waals surface area contributed by atoms with Gasteiger partial charge in [-0.05, 0) is 12.1 Å². The molecule has 3 heterocycles. The van der Waals surface area contributed by atoms with Gasteiger partial charge in [-0.1, -0.05) is 12.1 Å². The Kier molecular flexibility index (Phi) is 5.33. The van der Waals surface area contributed by atoms with Gasteiger partial charge >= 0.3 is 5.97 Å². The number of halogens is 1. The van der Waals surface area contributed by atoms with Gasteiger partial charge in [0.05, 0.1) is 24.1 Å². The molecule has 146 valence electrons. The third kappa shape index (κ3) is 3.50. The molecule has 0 saturated carbocycles. The summed E-state index contributed by atoms with van der Waals surface area (Å²) in [6, 6.07) is 5.70. The second kappa shape index (κ2) is 7.90. The minimum Gasteiger partial charge on any atom is -0.466 e. The van der Waals surface area contributed by atoms with Gasteiger partial charge in [0, 0.05) is 36.3 Å². The van der Waals surface area contributed by atoms with Crippen molar-refractivity contribution in [2.24, 2.45) is 4.99 Å². The van der Waals surface area contributed by atoms with Gasteiger partial charge in [-0.15, -0.1) is 11.3 Å². The first kappa shape index (κ1) is 18.9. The molecule has 28 heavy (non-hydrogen) atoms. The third-order valence-corrected chi connectivity index (χ3v) is 6.57. The molecule has 2 unspecified atom stereocenters. The first-order chi connectivity index (χ1) is 13.6. The highest BCUT2D eigenvalue weighted by atomic mass is 32.2. The number of aromatic nitrogens is 1. The van der Waals surface area contributed by atoms with E-state index < -0.39 is 22.8 Å². The molecular formula is C18H17FN4O3S2. The lowest BCUT2D eigenvalue weighted by Crippen LogP contribution is -2.38. The first-order valence-corrected chi connectivity index (χ1v) is 10.6. The number of ether oxygens (including phenoxy) is 1. The Morgan fingerprint density at radius 2 is 2.25 bits per heavy atom. The van der Waals surface area contributed by atoms with Gasteiger partial charge in [0.25, 0.3) is 0 Å². The highest BCUT2D eigenvalue weighted by Crippen LogP contribution is 2.32. The molecule has 2 atom stereocenters. The quantitative estimate of drug-likeness (QED) is 0.747. The molecule has 1 aromatic heterocycles. The number of hydrogen-bond donors (Lipinski definition) is 1. The van der Waals surface area contributed by atoms with E-state index in [-0.39, 0.29) is 17.5 Å². The number of amidine groups is 1. The summed E-state index contributed by atoms with van der Waals surface area (Å²) in [5, 5.41) is 2.60. The Balaban J connectivity index is 1.60. The van der Waals surface area contributed by atoms with Crippen LogP contribution in [0.1, 0.15) is 11.4 Å². The molecule has 2 aliphatic heterocycles. The summed E-state index contributed by atoms with van der Waals surface area (Å²) in [7, 11) is -0.382. The number of carbonyl (C=O) groups is 1. The lowest BCUT2D eigenvalue weighted by atomic mass is 10.1. The number of nitrogens with zero attached hydrogens (tertiary/aromatic N) is 3. The van der Waals surface area contributed by atoms with Crippen molar-refractivity contribution in [3.63, 3.8) is 0 Å². The fourth-order valence-electron chi connectivity index (χ4n) is 3.28. The van der Waals surface area contributed by atoms with Crippen LogP contribution in [0, 0.1) is 5.82 Å². The Hall–Kier alpha value is -2.43. The summed E-state index contributed by atoms with van der Waals surface area (Å²) < 4.78 is 34.4. The van der Waals surface area contributed by atoms with Crippen LogP contribution in [-0.2, 0) is 20.5 Å². The van der Waals surface area contributed by atoms with Crippen molar-refractivity contribution in [2.75, 3.05) is 20.2 Å². The van der Waals surface area contributed by atoms with E-state index in [1.54, 1.807) is 18.3 Å². The van der Waals surface area contributed by atoms with E-state index in [0.29, 0.717) is 24.4 Å². The molecule has 4 rings (SSSR count). The maximum Gasteiger partial charge on any atom is 0.337 e. The summed E-state index contributed by atoms with van der Waals surface area (Å²) >= 11 is 1.46. The monoisotopic (exact) mass is 420 g/mol. The standard InChI is InChI=1S/C18H17FN4O3S2/c1-26-18(24)12-9-21-16(17-20-6-7-27-17)23-10-11(8-14(12)23)22-28(25)15-5-3-2-4-13(15)19/h2-7,11,22H,8-10H2,1H3. The summed E-state index contributed by atoms with van der Waals surface area (Å²) in [4.78, 5) is 23.0. The van der Waals surface area contributed by atoms with E-state index >= 15 is 0 Å². The van der Waals surface area contributed by atoms with E-state index in [1.807, 2.05) is 10.3 Å². The van der Waals surface area contributed by atoms with Crippen molar-refractivity contribution in [2.45, 2.75) is 17.4 Å². The van der Waals surface area contributed by atoms with Crippen molar-refractivity contribution < 1.29 is 18.1 Å². The van der Waals surface area contributed by atoms with Gasteiger partial charge in [-0.2, -0.15) is 0 Å². The average Bonchev–Trinajstić information content (AvgIpc) is 3.36. The largest absolute Gasteiger partial charge is 0.466 e. The second-order valence-electron chi connectivity index (χ2n) is 6.22. The maximum absolute atomic E-state index is 13.9. The smallest absolute Gasteiger partial charge is 0.337 e. The number of aliphatic imine (C=N–C) groups is 1. The van der Waals surface area contributed by atoms with E-state index in [2.05, 4.69) is 14.7 Å². The van der Waals surface area contributed by atoms with Crippen LogP contribution in [0.4, 0.5) is 4.39 Å². The minimum atomic E-state index is -1.71. The predicted molar refractivity (Wildman–Crippen MR) is 104 cm³/mol. The normalized spacial score (nSPS) is 20.0. The van der Waals surface area contributed by atoms with E-state index in [0.717, 1.165) is 10.7 Å². The SMILES string of the molecule is COC(=O)C1=C2CC(NS(=O)c3ccccc3F)CN2C(c2nccs2)=NC1. The number of nitrogens with one attached hydrogen (secondary N) is 1. The van der Waals surface area contributed by atoms with Gasteiger partial charge in [-0.3, -0.25) is 4.99 Å². The van der Waals surface area contributed by atoms with Gasteiger partial charge in [0.15, 0.2) is 10.8 Å². The zero-order chi connectivity index (χ0) is 19.7. The Labute approximate surface area is 167 Å². The molecule has 0 bridgehead atoms. The fourth-order valence-corrected chi connectivity index (χ4v) is 4.97. The summed E-state index contributed by atoms with van der Waals surface area (Å²) in [5.74, 6) is -0.278. The van der Waals surface area contributed by atoms with E-state index in [4.69, 9.17) is 4.74 Å². The zero-order valence-electron chi connectivity index (χ0n) is 14.9. The number of methoxy groups -OCH3 is 1. The highest BCUT2D eigenvalue weighted by molar-refractivity contribution is 7.83. The molecule has 2 aromatic rings. The van der Waals surface area contributed by atoms with Gasteiger partial charge in [-0.25, -0.2) is 23.1 Å². The van der Waals surface area contributed by atoms with Crippen LogP contribution in [0.2, 0.25) is 0 Å². The maximum atomic E-state index is 13.9. The highest BCUT2D eigenvalue weighted by Gasteiger charge is 2.38.